The molecular formula is C22H36N6O7. The van der Waals surface area contributed by atoms with Gasteiger partial charge < -0.3 is 36.9 Å². The van der Waals surface area contributed by atoms with Gasteiger partial charge in [0.25, 0.3) is 0 Å². The smallest absolute Gasteiger partial charge is 0.326 e. The zero-order chi connectivity index (χ0) is 26.7. The molecule has 1 rings (SSSR count). The standard InChI is InChI=1S/C22H36N6O7/c1-5-12(4)18(28-19(31)14(23)8-13-9-24-10-25-13)21(33)26-15(6-7-16(29)30)20(32)27-17(11(2)3)22(34)35/h9-12,14-15,17-18H,5-8,23H2,1-4H3,(H,24,25)(H,26,33)(H,27,32)(H,28,31)(H,29,30)(H,34,35). The van der Waals surface area contributed by atoms with Crippen LogP contribution in [-0.2, 0) is 30.4 Å². The maximum atomic E-state index is 13.1. The molecule has 0 saturated carbocycles. The van der Waals surface area contributed by atoms with Crippen molar-refractivity contribution in [3.63, 3.8) is 0 Å². The number of aromatic nitrogens is 2. The van der Waals surface area contributed by atoms with Crippen molar-refractivity contribution in [2.24, 2.45) is 17.6 Å². The molecule has 0 fully saturated rings. The van der Waals surface area contributed by atoms with Gasteiger partial charge in [0.1, 0.15) is 18.1 Å². The van der Waals surface area contributed by atoms with E-state index in [0.29, 0.717) is 12.1 Å². The first-order valence-corrected chi connectivity index (χ1v) is 11.5. The molecule has 0 aliphatic carbocycles. The molecule has 0 spiro atoms. The quantitative estimate of drug-likeness (QED) is 0.164. The number of hydrogen-bond acceptors (Lipinski definition) is 7. The molecule has 5 atom stereocenters. The Morgan fingerprint density at radius 3 is 2.11 bits per heavy atom. The van der Waals surface area contributed by atoms with Crippen molar-refractivity contribution in [2.45, 2.75) is 77.5 Å². The van der Waals surface area contributed by atoms with Crippen molar-refractivity contribution in [1.29, 1.82) is 0 Å². The average molecular weight is 497 g/mol. The first-order valence-electron chi connectivity index (χ1n) is 11.5. The minimum Gasteiger partial charge on any atom is -0.481 e. The van der Waals surface area contributed by atoms with E-state index in [1.54, 1.807) is 20.8 Å². The molecule has 1 aromatic heterocycles. The highest BCUT2D eigenvalue weighted by atomic mass is 16.4. The van der Waals surface area contributed by atoms with Crippen LogP contribution in [0.2, 0.25) is 0 Å². The number of rotatable bonds is 15. The van der Waals surface area contributed by atoms with Crippen LogP contribution >= 0.6 is 0 Å². The Kier molecular flexibility index (Phi) is 11.9. The van der Waals surface area contributed by atoms with Crippen LogP contribution in [0.25, 0.3) is 0 Å². The molecule has 196 valence electrons. The van der Waals surface area contributed by atoms with Gasteiger partial charge in [-0.15, -0.1) is 0 Å². The summed E-state index contributed by atoms with van der Waals surface area (Å²) in [7, 11) is 0. The highest BCUT2D eigenvalue weighted by molar-refractivity contribution is 5.94. The number of carboxylic acid groups (broad SMARTS) is 2. The van der Waals surface area contributed by atoms with E-state index in [-0.39, 0.29) is 18.8 Å². The molecule has 8 N–H and O–H groups in total. The number of carbonyl (C=O) groups excluding carboxylic acids is 3. The summed E-state index contributed by atoms with van der Waals surface area (Å²) in [6, 6.07) is -4.57. The number of nitrogens with zero attached hydrogens (tertiary/aromatic N) is 1. The number of carboxylic acids is 2. The van der Waals surface area contributed by atoms with Crippen LogP contribution in [0.15, 0.2) is 12.5 Å². The van der Waals surface area contributed by atoms with E-state index in [1.807, 2.05) is 6.92 Å². The lowest BCUT2D eigenvalue weighted by molar-refractivity contribution is -0.144. The van der Waals surface area contributed by atoms with E-state index in [9.17, 15) is 29.1 Å². The van der Waals surface area contributed by atoms with Gasteiger partial charge in [-0.2, -0.15) is 0 Å². The molecular weight excluding hydrogens is 460 g/mol. The Morgan fingerprint density at radius 2 is 1.63 bits per heavy atom. The minimum atomic E-state index is -1.32. The molecule has 0 aliphatic rings. The van der Waals surface area contributed by atoms with Gasteiger partial charge in [0, 0.05) is 24.7 Å². The Labute approximate surface area is 203 Å². The van der Waals surface area contributed by atoms with E-state index in [0.717, 1.165) is 0 Å². The van der Waals surface area contributed by atoms with E-state index < -0.39 is 66.2 Å². The molecule has 0 saturated heterocycles. The van der Waals surface area contributed by atoms with E-state index in [4.69, 9.17) is 10.8 Å². The van der Waals surface area contributed by atoms with Gasteiger partial charge in [-0.1, -0.05) is 34.1 Å². The summed E-state index contributed by atoms with van der Waals surface area (Å²) in [5.74, 6) is -5.36. The van der Waals surface area contributed by atoms with E-state index in [1.165, 1.54) is 12.5 Å². The van der Waals surface area contributed by atoms with Gasteiger partial charge >= 0.3 is 11.9 Å². The fraction of sp³-hybridized carbons (Fsp3) is 0.636. The third-order valence-electron chi connectivity index (χ3n) is 5.64. The van der Waals surface area contributed by atoms with Gasteiger partial charge in [0.2, 0.25) is 17.7 Å². The average Bonchev–Trinajstić information content (AvgIpc) is 3.29. The van der Waals surface area contributed by atoms with Crippen LogP contribution in [0, 0.1) is 11.8 Å². The number of carbonyl (C=O) groups is 5. The number of amides is 3. The van der Waals surface area contributed by atoms with Crippen LogP contribution in [0.5, 0.6) is 0 Å². The van der Waals surface area contributed by atoms with Crippen LogP contribution in [0.1, 0.15) is 52.7 Å². The van der Waals surface area contributed by atoms with Gasteiger partial charge in [-0.3, -0.25) is 19.2 Å². The molecule has 0 bridgehead atoms. The summed E-state index contributed by atoms with van der Waals surface area (Å²) in [4.78, 5) is 67.8. The molecule has 1 aromatic rings. The lowest BCUT2D eigenvalue weighted by atomic mass is 9.96. The first-order chi connectivity index (χ1) is 16.4. The second kappa shape index (κ2) is 14.0. The minimum absolute atomic E-state index is 0.163. The molecule has 13 heteroatoms. The molecule has 0 radical (unpaired) electrons. The normalized spacial score (nSPS) is 15.4. The summed E-state index contributed by atoms with van der Waals surface area (Å²) in [6.07, 6.45) is 2.95. The Hall–Kier alpha value is -3.48. The largest absolute Gasteiger partial charge is 0.481 e. The predicted molar refractivity (Wildman–Crippen MR) is 125 cm³/mol. The second-order valence-corrected chi connectivity index (χ2v) is 8.82. The monoisotopic (exact) mass is 496 g/mol. The third kappa shape index (κ3) is 9.73. The number of imidazole rings is 1. The highest BCUT2D eigenvalue weighted by Gasteiger charge is 2.33. The van der Waals surface area contributed by atoms with Crippen LogP contribution in [-0.4, -0.2) is 74.0 Å². The first kappa shape index (κ1) is 29.6. The zero-order valence-corrected chi connectivity index (χ0v) is 20.4. The lowest BCUT2D eigenvalue weighted by Gasteiger charge is -2.28. The summed E-state index contributed by atoms with van der Waals surface area (Å²) < 4.78 is 0. The summed E-state index contributed by atoms with van der Waals surface area (Å²) in [5, 5.41) is 25.8. The third-order valence-corrected chi connectivity index (χ3v) is 5.64. The predicted octanol–water partition coefficient (Wildman–Crippen LogP) is -0.615. The molecule has 0 aromatic carbocycles. The van der Waals surface area contributed by atoms with E-state index >= 15 is 0 Å². The van der Waals surface area contributed by atoms with Gasteiger partial charge in [0.05, 0.1) is 12.4 Å². The zero-order valence-electron chi connectivity index (χ0n) is 20.4. The highest BCUT2D eigenvalue weighted by Crippen LogP contribution is 2.11. The van der Waals surface area contributed by atoms with Gasteiger partial charge in [-0.05, 0) is 18.3 Å². The number of nitrogens with two attached hydrogens (primary N) is 1. The van der Waals surface area contributed by atoms with Crippen molar-refractivity contribution >= 4 is 29.7 Å². The number of aliphatic carboxylic acids is 2. The Bertz CT molecular complexity index is 874. The van der Waals surface area contributed by atoms with Crippen molar-refractivity contribution in [1.82, 2.24) is 25.9 Å². The molecule has 5 unspecified atom stereocenters. The van der Waals surface area contributed by atoms with Crippen molar-refractivity contribution in [3.05, 3.63) is 18.2 Å². The fourth-order valence-electron chi connectivity index (χ4n) is 3.25. The molecule has 35 heavy (non-hydrogen) atoms. The van der Waals surface area contributed by atoms with Gasteiger partial charge in [0.15, 0.2) is 0 Å². The number of nitrogens with one attached hydrogen (secondary N) is 4. The van der Waals surface area contributed by atoms with Crippen LogP contribution < -0.4 is 21.7 Å². The lowest BCUT2D eigenvalue weighted by Crippen LogP contribution is -2.59. The maximum absolute atomic E-state index is 13.1. The SMILES string of the molecule is CCC(C)C(NC(=O)C(N)Cc1cnc[nH]1)C(=O)NC(CCC(=O)O)C(=O)NC(C(=O)O)C(C)C. The van der Waals surface area contributed by atoms with Crippen molar-refractivity contribution in [3.8, 4) is 0 Å². The Balaban J connectivity index is 3.00. The fourth-order valence-corrected chi connectivity index (χ4v) is 3.25. The number of H-pyrrole nitrogens is 1. The van der Waals surface area contributed by atoms with Gasteiger partial charge in [-0.25, -0.2) is 9.78 Å². The second-order valence-electron chi connectivity index (χ2n) is 8.82. The molecule has 0 aliphatic heterocycles. The van der Waals surface area contributed by atoms with Crippen molar-refractivity contribution in [2.75, 3.05) is 0 Å². The van der Waals surface area contributed by atoms with Crippen LogP contribution in [0.4, 0.5) is 0 Å². The summed E-state index contributed by atoms with van der Waals surface area (Å²) in [6.45, 7) is 6.75. The van der Waals surface area contributed by atoms with Crippen molar-refractivity contribution < 1.29 is 34.2 Å². The number of aromatic amines is 1. The Morgan fingerprint density at radius 1 is 1.00 bits per heavy atom. The topological polar surface area (TPSA) is 217 Å². The molecule has 13 nitrogen and oxygen atoms in total. The summed E-state index contributed by atoms with van der Waals surface area (Å²) >= 11 is 0. The number of hydrogen-bond donors (Lipinski definition) is 7. The maximum Gasteiger partial charge on any atom is 0.326 e. The molecule has 3 amide bonds. The molecule has 1 heterocycles. The van der Waals surface area contributed by atoms with Crippen LogP contribution in [0.3, 0.4) is 0 Å². The summed E-state index contributed by atoms with van der Waals surface area (Å²) in [5.41, 5.74) is 6.60. The van der Waals surface area contributed by atoms with E-state index in [2.05, 4.69) is 25.9 Å².